The second kappa shape index (κ2) is 5.44. The molecule has 0 saturated carbocycles. The van der Waals surface area contributed by atoms with Gasteiger partial charge in [0.1, 0.15) is 0 Å². The molecule has 0 aromatic carbocycles. The van der Waals surface area contributed by atoms with Gasteiger partial charge in [0.15, 0.2) is 0 Å². The Balaban J connectivity index is -0.0000000267. The van der Waals surface area contributed by atoms with Gasteiger partial charge < -0.3 is 14.7 Å². The van der Waals surface area contributed by atoms with Crippen molar-refractivity contribution in [2.75, 3.05) is 0 Å². The average molecular weight is 115 g/mol. The summed E-state index contributed by atoms with van der Waals surface area (Å²) < 4.78 is 8.88. The van der Waals surface area contributed by atoms with Crippen molar-refractivity contribution in [2.45, 2.75) is 0 Å². The summed E-state index contributed by atoms with van der Waals surface area (Å²) in [4.78, 5) is 21.6. The van der Waals surface area contributed by atoms with E-state index in [9.17, 15) is 0 Å². The summed E-state index contributed by atoms with van der Waals surface area (Å²) in [5, 5.41) is 0. The van der Waals surface area contributed by atoms with Crippen LogP contribution in [0, 0.1) is 0 Å². The molecule has 0 rings (SSSR count). The molecule has 0 fully saturated rings. The first kappa shape index (κ1) is 15.7. The van der Waals surface area contributed by atoms with E-state index in [1.165, 1.54) is 0 Å². The molecule has 0 spiro atoms. The number of phosphoric acid groups is 1. The molecule has 0 aromatic rings. The summed E-state index contributed by atoms with van der Waals surface area (Å²) >= 11 is 0. The van der Waals surface area contributed by atoms with E-state index >= 15 is 0 Å². The van der Waals surface area contributed by atoms with Gasteiger partial charge in [-0.1, -0.05) is 0 Å². The van der Waals surface area contributed by atoms with Gasteiger partial charge in [-0.25, -0.2) is 4.57 Å². The molecule has 0 bridgehead atoms. The number of hydrogen-bond acceptors (Lipinski definition) is 1. The van der Waals surface area contributed by atoms with Crippen LogP contribution in [0.3, 0.4) is 0 Å². The topological polar surface area (TPSA) is 77.8 Å². The third kappa shape index (κ3) is 121. The second-order valence-corrected chi connectivity index (χ2v) is 1.54. The van der Waals surface area contributed by atoms with Crippen LogP contribution in [0.4, 0.5) is 0 Å². The van der Waals surface area contributed by atoms with E-state index in [1.54, 1.807) is 0 Å². The van der Waals surface area contributed by atoms with Crippen molar-refractivity contribution in [2.24, 2.45) is 0 Å². The minimum atomic E-state index is -4.64. The molecule has 0 atom stereocenters. The monoisotopic (exact) mass is 115 g/mol. The predicted molar refractivity (Wildman–Crippen MR) is 29.7 cm³/mol. The van der Waals surface area contributed by atoms with E-state index in [4.69, 9.17) is 19.2 Å². The Kier molecular flexibility index (Phi) is 12.2. The first-order valence-electron chi connectivity index (χ1n) is 0.783. The summed E-state index contributed by atoms with van der Waals surface area (Å²) in [6.45, 7) is 0. The van der Waals surface area contributed by atoms with Crippen molar-refractivity contribution in [1.82, 2.24) is 0 Å². The zero-order valence-electron chi connectivity index (χ0n) is 3.20. The minimum absolute atomic E-state index is 0. The fourth-order valence-electron chi connectivity index (χ4n) is 0. The van der Waals surface area contributed by atoms with Gasteiger partial charge in [0, 0.05) is 0 Å². The van der Waals surface area contributed by atoms with Gasteiger partial charge >= 0.3 is 47.0 Å². The first-order valence-corrected chi connectivity index (χ1v) is 2.35. The van der Waals surface area contributed by atoms with Crippen LogP contribution in [0.5, 0.6) is 0 Å². The van der Waals surface area contributed by atoms with E-state index in [0.29, 0.717) is 0 Å². The van der Waals surface area contributed by atoms with Crippen molar-refractivity contribution < 1.29 is 20.7 Å². The molecule has 0 aliphatic heterocycles. The van der Waals surface area contributed by atoms with Crippen molar-refractivity contribution in [3.8, 4) is 0 Å². The van der Waals surface area contributed by atoms with Crippen molar-refractivity contribution in [3.05, 3.63) is 0 Å². The average Bonchev–Trinajstić information content (AvgIpc) is 0.722. The summed E-state index contributed by atoms with van der Waals surface area (Å²) in [7, 11) is -4.64. The van der Waals surface area contributed by atoms with E-state index in [2.05, 4.69) is 0 Å². The van der Waals surface area contributed by atoms with Gasteiger partial charge in [-0.05, 0) is 0 Å². The second-order valence-electron chi connectivity index (χ2n) is 0.513. The summed E-state index contributed by atoms with van der Waals surface area (Å²) in [6.07, 6.45) is 0. The van der Waals surface area contributed by atoms with Crippen LogP contribution < -0.4 is 0 Å². The molecule has 0 saturated heterocycles. The first-order chi connectivity index (χ1) is 2.00. The van der Waals surface area contributed by atoms with Gasteiger partial charge in [-0.15, -0.1) is 0 Å². The quantitative estimate of drug-likeness (QED) is 0.249. The molecule has 36 valence electrons. The normalized spacial score (nSPS) is 8.43. The Labute approximate surface area is 66.4 Å². The summed E-state index contributed by atoms with van der Waals surface area (Å²) in [6, 6.07) is 0. The fraction of sp³-hybridized carbons (Fsp3) is 0. The van der Waals surface area contributed by atoms with Crippen LogP contribution in [-0.2, 0) is 4.57 Å². The predicted octanol–water partition coefficient (Wildman–Crippen LogP) is -2.11. The maximum atomic E-state index is 8.88. The molecule has 0 amide bonds. The SMILES string of the molecule is O=P(O)(O)O.[H+].[LiH].[LiH]. The Morgan fingerprint density at radius 3 is 1.14 bits per heavy atom. The zero-order valence-corrected chi connectivity index (χ0v) is 3.09. The van der Waals surface area contributed by atoms with Crippen LogP contribution >= 0.6 is 7.82 Å². The Morgan fingerprint density at radius 2 is 1.14 bits per heavy atom. The molecule has 7 heavy (non-hydrogen) atoms. The van der Waals surface area contributed by atoms with E-state index in [1.807, 2.05) is 0 Å². The maximum absolute atomic E-state index is 8.88. The number of hydrogen-bond donors (Lipinski definition) is 3. The van der Waals surface area contributed by atoms with Crippen molar-refractivity contribution >= 4 is 45.5 Å². The third-order valence-electron chi connectivity index (χ3n) is 0. The van der Waals surface area contributed by atoms with Crippen LogP contribution in [0.25, 0.3) is 0 Å². The fourth-order valence-corrected chi connectivity index (χ4v) is 0. The standard InChI is InChI=1S/2Li.H3O4P.2H/c;;1-5(2,3)4;;/h;;(H3,1,2,3,4);;/p+1. The Bertz CT molecular complexity index is 60.2. The van der Waals surface area contributed by atoms with Gasteiger partial charge in [-0.2, -0.15) is 0 Å². The third-order valence-corrected chi connectivity index (χ3v) is 0. The molecular formula is H6Li2O4P+. The molecule has 4 nitrogen and oxygen atoms in total. The molecule has 0 radical (unpaired) electrons. The Hall–Kier alpha value is 1.30. The summed E-state index contributed by atoms with van der Waals surface area (Å²) in [5.74, 6) is 0. The van der Waals surface area contributed by atoms with Crippen LogP contribution in [0.15, 0.2) is 0 Å². The van der Waals surface area contributed by atoms with E-state index in [0.717, 1.165) is 0 Å². The van der Waals surface area contributed by atoms with E-state index in [-0.39, 0.29) is 39.1 Å². The van der Waals surface area contributed by atoms with Crippen LogP contribution in [-0.4, -0.2) is 52.4 Å². The van der Waals surface area contributed by atoms with Gasteiger partial charge in [0.05, 0.1) is 0 Å². The molecule has 3 N–H and O–H groups in total. The molecule has 0 unspecified atom stereocenters. The van der Waals surface area contributed by atoms with Crippen LogP contribution in [0.2, 0.25) is 0 Å². The number of rotatable bonds is 0. The van der Waals surface area contributed by atoms with Gasteiger partial charge in [-0.3, -0.25) is 0 Å². The van der Waals surface area contributed by atoms with Crippen molar-refractivity contribution in [3.63, 3.8) is 0 Å². The van der Waals surface area contributed by atoms with E-state index < -0.39 is 7.82 Å². The molecule has 0 aliphatic carbocycles. The molecular weight excluding hydrogens is 109 g/mol. The molecule has 0 heterocycles. The Morgan fingerprint density at radius 1 is 1.14 bits per heavy atom. The van der Waals surface area contributed by atoms with Crippen molar-refractivity contribution in [1.29, 1.82) is 0 Å². The molecule has 7 heteroatoms. The van der Waals surface area contributed by atoms with Gasteiger partial charge in [0.2, 0.25) is 0 Å². The zero-order chi connectivity index (χ0) is 4.50. The summed E-state index contributed by atoms with van der Waals surface area (Å²) in [5.41, 5.74) is 0. The molecule has 0 aliphatic rings. The van der Waals surface area contributed by atoms with Crippen LogP contribution in [0.1, 0.15) is 1.43 Å². The molecule has 0 aromatic heterocycles. The van der Waals surface area contributed by atoms with Gasteiger partial charge in [0.25, 0.3) is 0 Å².